The number of carbonyl (C=O) groups excluding carboxylic acids is 3. The molecule has 0 aromatic carbocycles. The Morgan fingerprint density at radius 1 is 1.24 bits per heavy atom. The molecule has 158 valence electrons. The minimum atomic E-state index is -0.897. The summed E-state index contributed by atoms with van der Waals surface area (Å²) in [5.41, 5.74) is -0.190. The van der Waals surface area contributed by atoms with E-state index in [-0.39, 0.29) is 36.9 Å². The zero-order chi connectivity index (χ0) is 20.8. The first kappa shape index (κ1) is 19.9. The standard InChI is InChI=1S/C21H30N4O4/c1-15(2)14-25-20(29)24(12-13-26)19(28)21(25)7-10-22(11-8-21)18(27)17-4-3-9-23(17)16-5-6-16/h3-4,9,15-16,26H,5-8,10-14H2,1-2H3. The van der Waals surface area contributed by atoms with Gasteiger partial charge in [-0.2, -0.15) is 0 Å². The van der Waals surface area contributed by atoms with E-state index in [1.54, 1.807) is 9.80 Å². The summed E-state index contributed by atoms with van der Waals surface area (Å²) in [5, 5.41) is 9.29. The van der Waals surface area contributed by atoms with Gasteiger partial charge in [-0.3, -0.25) is 14.5 Å². The first-order valence-electron chi connectivity index (χ1n) is 10.6. The Hall–Kier alpha value is -2.35. The summed E-state index contributed by atoms with van der Waals surface area (Å²) in [6.07, 6.45) is 5.05. The zero-order valence-corrected chi connectivity index (χ0v) is 17.2. The van der Waals surface area contributed by atoms with E-state index in [9.17, 15) is 19.5 Å². The van der Waals surface area contributed by atoms with E-state index in [1.807, 2.05) is 32.2 Å². The number of piperidine rings is 1. The number of aromatic nitrogens is 1. The van der Waals surface area contributed by atoms with Crippen LogP contribution in [0.5, 0.6) is 0 Å². The van der Waals surface area contributed by atoms with Crippen molar-refractivity contribution in [3.63, 3.8) is 0 Å². The number of amides is 4. The van der Waals surface area contributed by atoms with Crippen LogP contribution in [0.25, 0.3) is 0 Å². The Labute approximate surface area is 171 Å². The lowest BCUT2D eigenvalue weighted by Gasteiger charge is -2.42. The van der Waals surface area contributed by atoms with Crippen LogP contribution in [-0.2, 0) is 4.79 Å². The quantitative estimate of drug-likeness (QED) is 0.734. The number of β-amino-alcohol motifs (C(OH)–C–C–N with tert-alkyl or cyclic N) is 1. The summed E-state index contributed by atoms with van der Waals surface area (Å²) in [6.45, 7) is 5.18. The lowest BCUT2D eigenvalue weighted by atomic mass is 9.85. The molecule has 4 amide bonds. The van der Waals surface area contributed by atoms with E-state index in [0.717, 1.165) is 12.8 Å². The first-order chi connectivity index (χ1) is 13.9. The molecule has 3 aliphatic rings. The topological polar surface area (TPSA) is 86.1 Å². The molecular weight excluding hydrogens is 372 g/mol. The monoisotopic (exact) mass is 402 g/mol. The van der Waals surface area contributed by atoms with Crippen LogP contribution in [0.4, 0.5) is 4.79 Å². The Kier molecular flexibility index (Phi) is 5.14. The molecule has 3 fully saturated rings. The molecule has 2 saturated heterocycles. The number of nitrogens with zero attached hydrogens (tertiary/aromatic N) is 4. The third-order valence-electron chi connectivity index (χ3n) is 6.31. The van der Waals surface area contributed by atoms with Gasteiger partial charge in [0.2, 0.25) is 0 Å². The molecule has 8 heteroatoms. The van der Waals surface area contributed by atoms with Gasteiger partial charge in [-0.05, 0) is 43.7 Å². The fraction of sp³-hybridized carbons (Fsp3) is 0.667. The second-order valence-corrected chi connectivity index (χ2v) is 8.82. The summed E-state index contributed by atoms with van der Waals surface area (Å²) in [5.74, 6) is -0.0130. The van der Waals surface area contributed by atoms with E-state index in [0.29, 0.717) is 44.2 Å². The van der Waals surface area contributed by atoms with Crippen LogP contribution in [-0.4, -0.2) is 80.5 Å². The van der Waals surface area contributed by atoms with Gasteiger partial charge in [0.25, 0.3) is 11.8 Å². The van der Waals surface area contributed by atoms with Crippen molar-refractivity contribution < 1.29 is 19.5 Å². The van der Waals surface area contributed by atoms with Crippen LogP contribution in [0, 0.1) is 5.92 Å². The highest BCUT2D eigenvalue weighted by Gasteiger charge is 2.58. The van der Waals surface area contributed by atoms with Crippen molar-refractivity contribution >= 4 is 17.8 Å². The Morgan fingerprint density at radius 2 is 1.93 bits per heavy atom. The van der Waals surface area contributed by atoms with Crippen LogP contribution >= 0.6 is 0 Å². The van der Waals surface area contributed by atoms with E-state index in [4.69, 9.17) is 0 Å². The number of aliphatic hydroxyl groups excluding tert-OH is 1. The van der Waals surface area contributed by atoms with Crippen LogP contribution in [0.15, 0.2) is 18.3 Å². The molecule has 4 rings (SSSR count). The summed E-state index contributed by atoms with van der Waals surface area (Å²) in [6, 6.07) is 3.89. The number of carbonyl (C=O) groups is 3. The van der Waals surface area contributed by atoms with E-state index >= 15 is 0 Å². The molecule has 0 radical (unpaired) electrons. The molecule has 29 heavy (non-hydrogen) atoms. The second kappa shape index (κ2) is 7.48. The minimum Gasteiger partial charge on any atom is -0.395 e. The Balaban J connectivity index is 1.52. The maximum absolute atomic E-state index is 13.2. The molecule has 3 heterocycles. The summed E-state index contributed by atoms with van der Waals surface area (Å²) in [4.78, 5) is 43.8. The zero-order valence-electron chi connectivity index (χ0n) is 17.2. The number of aliphatic hydroxyl groups is 1. The van der Waals surface area contributed by atoms with Crippen molar-refractivity contribution in [2.75, 3.05) is 32.8 Å². The second-order valence-electron chi connectivity index (χ2n) is 8.82. The molecule has 0 atom stereocenters. The highest BCUT2D eigenvalue weighted by Crippen LogP contribution is 2.39. The highest BCUT2D eigenvalue weighted by molar-refractivity contribution is 6.07. The van der Waals surface area contributed by atoms with Gasteiger partial charge in [0.05, 0.1) is 13.2 Å². The first-order valence-corrected chi connectivity index (χ1v) is 10.6. The average molecular weight is 402 g/mol. The van der Waals surface area contributed by atoms with Crippen molar-refractivity contribution in [1.29, 1.82) is 0 Å². The molecule has 2 aliphatic heterocycles. The maximum Gasteiger partial charge on any atom is 0.327 e. The van der Waals surface area contributed by atoms with Crippen LogP contribution in [0.3, 0.4) is 0 Å². The maximum atomic E-state index is 13.2. The molecule has 8 nitrogen and oxygen atoms in total. The summed E-state index contributed by atoms with van der Waals surface area (Å²) >= 11 is 0. The minimum absolute atomic E-state index is 0.00357. The summed E-state index contributed by atoms with van der Waals surface area (Å²) < 4.78 is 2.06. The van der Waals surface area contributed by atoms with Crippen LogP contribution in [0.2, 0.25) is 0 Å². The average Bonchev–Trinajstić information content (AvgIpc) is 3.41. The number of likely N-dealkylation sites (tertiary alicyclic amines) is 1. The molecule has 1 saturated carbocycles. The van der Waals surface area contributed by atoms with Gasteiger partial charge in [0.15, 0.2) is 0 Å². The van der Waals surface area contributed by atoms with Crippen LogP contribution < -0.4 is 0 Å². The van der Waals surface area contributed by atoms with Crippen molar-refractivity contribution in [1.82, 2.24) is 19.3 Å². The lowest BCUT2D eigenvalue weighted by molar-refractivity contribution is -0.135. The van der Waals surface area contributed by atoms with Crippen molar-refractivity contribution in [3.05, 3.63) is 24.0 Å². The Bertz CT molecular complexity index is 805. The number of urea groups is 1. The molecule has 1 aromatic heterocycles. The predicted octanol–water partition coefficient (Wildman–Crippen LogP) is 1.71. The predicted molar refractivity (Wildman–Crippen MR) is 106 cm³/mol. The molecular formula is C21H30N4O4. The summed E-state index contributed by atoms with van der Waals surface area (Å²) in [7, 11) is 0. The molecule has 1 aliphatic carbocycles. The third kappa shape index (κ3) is 3.33. The van der Waals surface area contributed by atoms with Gasteiger partial charge in [-0.1, -0.05) is 13.8 Å². The van der Waals surface area contributed by atoms with Gasteiger partial charge in [0.1, 0.15) is 11.2 Å². The molecule has 1 aromatic rings. The van der Waals surface area contributed by atoms with Gasteiger partial charge < -0.3 is 19.5 Å². The SMILES string of the molecule is CC(C)CN1C(=O)N(CCO)C(=O)C12CCN(C(=O)c1cccn1C1CC1)CC2. The van der Waals surface area contributed by atoms with Crippen LogP contribution in [0.1, 0.15) is 56.1 Å². The number of hydrogen-bond donors (Lipinski definition) is 1. The van der Waals surface area contributed by atoms with E-state index < -0.39 is 5.54 Å². The number of rotatable bonds is 6. The fourth-order valence-corrected chi connectivity index (χ4v) is 4.67. The number of imide groups is 1. The largest absolute Gasteiger partial charge is 0.395 e. The molecule has 1 spiro atoms. The van der Waals surface area contributed by atoms with Crippen molar-refractivity contribution in [3.8, 4) is 0 Å². The molecule has 0 unspecified atom stereocenters. The smallest absolute Gasteiger partial charge is 0.327 e. The van der Waals surface area contributed by atoms with Gasteiger partial charge in [-0.15, -0.1) is 0 Å². The third-order valence-corrected chi connectivity index (χ3v) is 6.31. The van der Waals surface area contributed by atoms with Crippen molar-refractivity contribution in [2.45, 2.75) is 51.1 Å². The lowest BCUT2D eigenvalue weighted by Crippen LogP contribution is -2.58. The molecule has 0 bridgehead atoms. The van der Waals surface area contributed by atoms with Crippen molar-refractivity contribution in [2.24, 2.45) is 5.92 Å². The fourth-order valence-electron chi connectivity index (χ4n) is 4.67. The Morgan fingerprint density at radius 3 is 2.52 bits per heavy atom. The normalized spacial score (nSPS) is 21.7. The van der Waals surface area contributed by atoms with Gasteiger partial charge in [0, 0.05) is 31.9 Å². The molecule has 1 N–H and O–H groups in total. The van der Waals surface area contributed by atoms with Gasteiger partial charge >= 0.3 is 6.03 Å². The van der Waals surface area contributed by atoms with E-state index in [1.165, 1.54) is 4.90 Å². The number of hydrogen-bond acceptors (Lipinski definition) is 4. The van der Waals surface area contributed by atoms with E-state index in [2.05, 4.69) is 4.57 Å². The van der Waals surface area contributed by atoms with Gasteiger partial charge in [-0.25, -0.2) is 4.79 Å². The highest BCUT2D eigenvalue weighted by atomic mass is 16.3.